The first-order chi connectivity index (χ1) is 9.08. The van der Waals surface area contributed by atoms with E-state index in [2.05, 4.69) is 25.8 Å². The zero-order valence-electron chi connectivity index (χ0n) is 11.9. The van der Waals surface area contributed by atoms with Crippen molar-refractivity contribution < 1.29 is 4.79 Å². The predicted octanol–water partition coefficient (Wildman–Crippen LogP) is 2.25. The molecule has 3 heteroatoms. The molecule has 0 aliphatic carbocycles. The zero-order valence-corrected chi connectivity index (χ0v) is 11.9. The van der Waals surface area contributed by atoms with Crippen LogP contribution < -0.4 is 0 Å². The van der Waals surface area contributed by atoms with Crippen LogP contribution in [-0.4, -0.2) is 47.9 Å². The van der Waals surface area contributed by atoms with Crippen LogP contribution in [0, 0.1) is 0 Å². The van der Waals surface area contributed by atoms with Crippen molar-refractivity contribution in [2.24, 2.45) is 0 Å². The number of carbonyl (C=O) groups is 1. The van der Waals surface area contributed by atoms with Gasteiger partial charge < -0.3 is 4.90 Å². The van der Waals surface area contributed by atoms with Crippen molar-refractivity contribution in [1.29, 1.82) is 0 Å². The molecule has 0 radical (unpaired) electrons. The molecule has 2 rings (SSSR count). The van der Waals surface area contributed by atoms with E-state index in [-0.39, 0.29) is 11.9 Å². The molecule has 0 unspecified atom stereocenters. The van der Waals surface area contributed by atoms with Crippen LogP contribution in [0.4, 0.5) is 0 Å². The van der Waals surface area contributed by atoms with Gasteiger partial charge in [-0.2, -0.15) is 0 Å². The molecule has 0 saturated carbocycles. The number of amides is 1. The third-order valence-electron chi connectivity index (χ3n) is 3.80. The molecule has 1 amide bonds. The number of hydrogen-bond acceptors (Lipinski definition) is 2. The van der Waals surface area contributed by atoms with Gasteiger partial charge in [-0.1, -0.05) is 30.3 Å². The monoisotopic (exact) mass is 258 g/mol. The summed E-state index contributed by atoms with van der Waals surface area (Å²) in [6, 6.07) is 10.6. The lowest BCUT2D eigenvalue weighted by molar-refractivity contribution is -0.131. The van der Waals surface area contributed by atoms with E-state index in [0.717, 1.165) is 18.7 Å². The van der Waals surface area contributed by atoms with Gasteiger partial charge in [0, 0.05) is 31.2 Å². The van der Waals surface area contributed by atoms with E-state index in [1.807, 2.05) is 41.3 Å². The van der Waals surface area contributed by atoms with Crippen LogP contribution in [0.2, 0.25) is 0 Å². The van der Waals surface area contributed by atoms with Gasteiger partial charge in [0.25, 0.3) is 0 Å². The maximum Gasteiger partial charge on any atom is 0.246 e. The highest BCUT2D eigenvalue weighted by Gasteiger charge is 2.28. The van der Waals surface area contributed by atoms with E-state index < -0.39 is 0 Å². The molecule has 1 heterocycles. The molecule has 19 heavy (non-hydrogen) atoms. The smallest absolute Gasteiger partial charge is 0.246 e. The first-order valence-corrected chi connectivity index (χ1v) is 6.82. The number of rotatable bonds is 2. The fourth-order valence-corrected chi connectivity index (χ4v) is 2.43. The van der Waals surface area contributed by atoms with Gasteiger partial charge in [0.05, 0.1) is 0 Å². The Labute approximate surface area is 115 Å². The van der Waals surface area contributed by atoms with Gasteiger partial charge in [0.1, 0.15) is 0 Å². The Kier molecular flexibility index (Phi) is 4.38. The number of benzene rings is 1. The topological polar surface area (TPSA) is 23.6 Å². The Morgan fingerprint density at radius 2 is 1.84 bits per heavy atom. The third-order valence-corrected chi connectivity index (χ3v) is 3.80. The Hall–Kier alpha value is -1.61. The van der Waals surface area contributed by atoms with E-state index in [1.165, 1.54) is 0 Å². The minimum atomic E-state index is 0.108. The molecule has 1 saturated heterocycles. The van der Waals surface area contributed by atoms with E-state index in [9.17, 15) is 4.79 Å². The molecule has 1 aliphatic heterocycles. The third kappa shape index (κ3) is 3.44. The van der Waals surface area contributed by atoms with Gasteiger partial charge in [0.2, 0.25) is 5.91 Å². The van der Waals surface area contributed by atoms with Crippen molar-refractivity contribution in [1.82, 2.24) is 9.80 Å². The molecular formula is C16H22N2O. The first kappa shape index (κ1) is 13.8. The Morgan fingerprint density at radius 1 is 1.16 bits per heavy atom. The Morgan fingerprint density at radius 3 is 2.53 bits per heavy atom. The van der Waals surface area contributed by atoms with Crippen molar-refractivity contribution in [3.8, 4) is 0 Å². The van der Waals surface area contributed by atoms with Crippen molar-refractivity contribution in [3.63, 3.8) is 0 Å². The van der Waals surface area contributed by atoms with Crippen molar-refractivity contribution in [3.05, 3.63) is 42.0 Å². The summed E-state index contributed by atoms with van der Waals surface area (Å²) in [4.78, 5) is 16.5. The van der Waals surface area contributed by atoms with Gasteiger partial charge in [0.15, 0.2) is 0 Å². The molecule has 102 valence electrons. The quantitative estimate of drug-likeness (QED) is 0.760. The van der Waals surface area contributed by atoms with E-state index in [4.69, 9.17) is 0 Å². The molecule has 2 atom stereocenters. The lowest BCUT2D eigenvalue weighted by Gasteiger charge is -2.42. The summed E-state index contributed by atoms with van der Waals surface area (Å²) in [7, 11) is 2.11. The maximum absolute atomic E-state index is 12.3. The molecule has 1 aliphatic rings. The number of carbonyl (C=O) groups excluding carboxylic acids is 1. The molecule has 1 aromatic rings. The zero-order chi connectivity index (χ0) is 13.8. The SMILES string of the molecule is C[C@@H]1CN(C)[C@@H](C)CN1C(=O)C=Cc1ccccc1. The number of hydrogen-bond donors (Lipinski definition) is 0. The molecule has 3 nitrogen and oxygen atoms in total. The van der Waals surface area contributed by atoms with Crippen LogP contribution >= 0.6 is 0 Å². The largest absolute Gasteiger partial charge is 0.334 e. The molecule has 1 fully saturated rings. The average Bonchev–Trinajstić information content (AvgIpc) is 2.41. The summed E-state index contributed by atoms with van der Waals surface area (Å²) in [6.45, 7) is 6.01. The van der Waals surface area contributed by atoms with Crippen LogP contribution in [0.3, 0.4) is 0 Å². The van der Waals surface area contributed by atoms with Crippen LogP contribution in [0.1, 0.15) is 19.4 Å². The standard InChI is InChI=1S/C16H22N2O/c1-13-12-18(14(2)11-17(13)3)16(19)10-9-15-7-5-4-6-8-15/h4-10,13-14H,11-12H2,1-3H3/t13-,14+/m0/s1. The molecular weight excluding hydrogens is 236 g/mol. The van der Waals surface area contributed by atoms with E-state index in [1.54, 1.807) is 6.08 Å². The summed E-state index contributed by atoms with van der Waals surface area (Å²) < 4.78 is 0. The Balaban J connectivity index is 2.02. The van der Waals surface area contributed by atoms with Gasteiger partial charge in [-0.15, -0.1) is 0 Å². The average molecular weight is 258 g/mol. The second-order valence-electron chi connectivity index (χ2n) is 5.37. The van der Waals surface area contributed by atoms with Crippen LogP contribution in [0.15, 0.2) is 36.4 Å². The maximum atomic E-state index is 12.3. The normalized spacial score (nSPS) is 24.9. The van der Waals surface area contributed by atoms with E-state index >= 15 is 0 Å². The molecule has 0 aromatic heterocycles. The van der Waals surface area contributed by atoms with Gasteiger partial charge in [-0.3, -0.25) is 9.69 Å². The van der Waals surface area contributed by atoms with Crippen LogP contribution in [-0.2, 0) is 4.79 Å². The highest BCUT2D eigenvalue weighted by Crippen LogP contribution is 2.14. The molecule has 0 N–H and O–H groups in total. The van der Waals surface area contributed by atoms with Crippen LogP contribution in [0.25, 0.3) is 6.08 Å². The summed E-state index contributed by atoms with van der Waals surface area (Å²) in [5, 5.41) is 0. The minimum Gasteiger partial charge on any atom is -0.334 e. The highest BCUT2D eigenvalue weighted by molar-refractivity contribution is 5.92. The van der Waals surface area contributed by atoms with Crippen molar-refractivity contribution in [2.45, 2.75) is 25.9 Å². The molecule has 0 bridgehead atoms. The van der Waals surface area contributed by atoms with E-state index in [0.29, 0.717) is 6.04 Å². The molecule has 0 spiro atoms. The summed E-state index contributed by atoms with van der Waals surface area (Å²) in [5.41, 5.74) is 1.06. The highest BCUT2D eigenvalue weighted by atomic mass is 16.2. The lowest BCUT2D eigenvalue weighted by Crippen LogP contribution is -2.56. The minimum absolute atomic E-state index is 0.108. The predicted molar refractivity (Wildman–Crippen MR) is 78.7 cm³/mol. The van der Waals surface area contributed by atoms with Crippen molar-refractivity contribution in [2.75, 3.05) is 20.1 Å². The van der Waals surface area contributed by atoms with Crippen LogP contribution in [0.5, 0.6) is 0 Å². The second-order valence-corrected chi connectivity index (χ2v) is 5.37. The second kappa shape index (κ2) is 6.02. The molecule has 1 aromatic carbocycles. The van der Waals surface area contributed by atoms with Gasteiger partial charge in [-0.05, 0) is 32.5 Å². The fraction of sp³-hybridized carbons (Fsp3) is 0.438. The first-order valence-electron chi connectivity index (χ1n) is 6.82. The Bertz CT molecular complexity index is 455. The summed E-state index contributed by atoms with van der Waals surface area (Å²) >= 11 is 0. The van der Waals surface area contributed by atoms with Gasteiger partial charge >= 0.3 is 0 Å². The summed E-state index contributed by atoms with van der Waals surface area (Å²) in [6.07, 6.45) is 3.57. The number of nitrogens with zero attached hydrogens (tertiary/aromatic N) is 2. The lowest BCUT2D eigenvalue weighted by atomic mass is 10.1. The van der Waals surface area contributed by atoms with Gasteiger partial charge in [-0.25, -0.2) is 0 Å². The summed E-state index contributed by atoms with van der Waals surface area (Å²) in [5.74, 6) is 0.108. The fourth-order valence-electron chi connectivity index (χ4n) is 2.43. The number of likely N-dealkylation sites (N-methyl/N-ethyl adjacent to an activating group) is 1. The number of piperazine rings is 1. The van der Waals surface area contributed by atoms with Crippen molar-refractivity contribution >= 4 is 12.0 Å².